The Hall–Kier alpha value is -4.53. The fourth-order valence-electron chi connectivity index (χ4n) is 4.10. The zero-order chi connectivity index (χ0) is 26.2. The highest BCUT2D eigenvalue weighted by Gasteiger charge is 2.30. The van der Waals surface area contributed by atoms with Crippen LogP contribution < -0.4 is 5.32 Å². The second-order valence-corrected chi connectivity index (χ2v) is 8.58. The van der Waals surface area contributed by atoms with Crippen LogP contribution in [0.1, 0.15) is 16.8 Å². The molecule has 3 heterocycles. The second kappa shape index (κ2) is 9.50. The summed E-state index contributed by atoms with van der Waals surface area (Å²) in [6.07, 6.45) is 0.392. The predicted molar refractivity (Wildman–Crippen MR) is 132 cm³/mol. The zero-order valence-electron chi connectivity index (χ0n) is 19.6. The van der Waals surface area contributed by atoms with Gasteiger partial charge in [-0.3, -0.25) is 14.2 Å². The Labute approximate surface area is 209 Å². The predicted octanol–water partition coefficient (Wildman–Crippen LogP) is 6.71. The third kappa shape index (κ3) is 5.20. The lowest BCUT2D eigenvalue weighted by atomic mass is 10.1. The molecule has 0 bridgehead atoms. The summed E-state index contributed by atoms with van der Waals surface area (Å²) in [5.74, 6) is -1.23. The molecular formula is C28H20F4N4O. The Kier molecular flexibility index (Phi) is 6.20. The molecule has 0 unspecified atom stereocenters. The van der Waals surface area contributed by atoms with Gasteiger partial charge in [-0.05, 0) is 72.1 Å². The van der Waals surface area contributed by atoms with Gasteiger partial charge in [-0.2, -0.15) is 13.2 Å². The molecule has 0 fully saturated rings. The Morgan fingerprint density at radius 3 is 2.51 bits per heavy atom. The molecule has 3 aromatic heterocycles. The van der Waals surface area contributed by atoms with E-state index < -0.39 is 23.5 Å². The summed E-state index contributed by atoms with van der Waals surface area (Å²) in [6.45, 7) is 1.92. The quantitative estimate of drug-likeness (QED) is 0.271. The van der Waals surface area contributed by atoms with Crippen LogP contribution in [0.5, 0.6) is 0 Å². The fourth-order valence-corrected chi connectivity index (χ4v) is 4.10. The van der Waals surface area contributed by atoms with E-state index in [1.54, 1.807) is 18.5 Å². The number of nitrogens with zero attached hydrogens (tertiary/aromatic N) is 3. The largest absolute Gasteiger partial charge is 0.416 e. The fraction of sp³-hybridized carbons (Fsp3) is 0.107. The van der Waals surface area contributed by atoms with Crippen LogP contribution in [0, 0.1) is 12.7 Å². The van der Waals surface area contributed by atoms with Gasteiger partial charge in [0.25, 0.3) is 0 Å². The van der Waals surface area contributed by atoms with Crippen LogP contribution in [0.4, 0.5) is 23.2 Å². The topological polar surface area (TPSA) is 59.3 Å². The van der Waals surface area contributed by atoms with Crippen molar-refractivity contribution in [2.45, 2.75) is 19.5 Å². The molecule has 5 rings (SSSR count). The maximum Gasteiger partial charge on any atom is 0.416 e. The van der Waals surface area contributed by atoms with Crippen molar-refractivity contribution in [1.82, 2.24) is 14.4 Å². The minimum Gasteiger partial charge on any atom is -0.326 e. The highest BCUT2D eigenvalue weighted by atomic mass is 19.4. The van der Waals surface area contributed by atoms with E-state index in [2.05, 4.69) is 15.3 Å². The zero-order valence-corrected chi connectivity index (χ0v) is 19.6. The lowest BCUT2D eigenvalue weighted by Crippen LogP contribution is -2.16. The Balaban J connectivity index is 1.34. The number of amides is 1. The van der Waals surface area contributed by atoms with Crippen molar-refractivity contribution >= 4 is 17.2 Å². The summed E-state index contributed by atoms with van der Waals surface area (Å²) >= 11 is 0. The van der Waals surface area contributed by atoms with E-state index in [1.807, 2.05) is 41.8 Å². The van der Waals surface area contributed by atoms with Crippen LogP contribution in [0.15, 0.2) is 85.3 Å². The molecule has 186 valence electrons. The molecule has 37 heavy (non-hydrogen) atoms. The molecule has 5 aromatic rings. The van der Waals surface area contributed by atoms with Gasteiger partial charge in [0.05, 0.1) is 23.9 Å². The standard InChI is InChI=1S/C28H20F4N4O/c1-17-11-18(7-9-33-17)19-8-10-36-25(16-34-26(36)13-19)21-6-5-20(24(29)12-21)14-27(37)35-23-4-2-3-22(15-23)28(30,31)32/h2-13,15-16H,14H2,1H3,(H,35,37). The molecule has 9 heteroatoms. The summed E-state index contributed by atoms with van der Waals surface area (Å²) in [5.41, 5.74) is 4.05. The molecule has 0 saturated carbocycles. The molecule has 5 nitrogen and oxygen atoms in total. The van der Waals surface area contributed by atoms with Crippen molar-refractivity contribution in [2.24, 2.45) is 0 Å². The van der Waals surface area contributed by atoms with E-state index in [0.29, 0.717) is 16.9 Å². The van der Waals surface area contributed by atoms with Gasteiger partial charge in [-0.15, -0.1) is 0 Å². The van der Waals surface area contributed by atoms with Crippen molar-refractivity contribution in [3.05, 3.63) is 108 Å². The van der Waals surface area contributed by atoms with Gasteiger partial charge in [-0.1, -0.05) is 18.2 Å². The van der Waals surface area contributed by atoms with Gasteiger partial charge in [0, 0.05) is 29.3 Å². The van der Waals surface area contributed by atoms with Crippen LogP contribution in [0.25, 0.3) is 28.0 Å². The second-order valence-electron chi connectivity index (χ2n) is 8.58. The third-order valence-electron chi connectivity index (χ3n) is 5.92. The van der Waals surface area contributed by atoms with Crippen molar-refractivity contribution in [1.29, 1.82) is 0 Å². The first-order chi connectivity index (χ1) is 17.7. The van der Waals surface area contributed by atoms with Crippen LogP contribution >= 0.6 is 0 Å². The Morgan fingerprint density at radius 2 is 1.76 bits per heavy atom. The lowest BCUT2D eigenvalue weighted by Gasteiger charge is -2.11. The maximum atomic E-state index is 14.9. The van der Waals surface area contributed by atoms with Gasteiger partial charge in [0.2, 0.25) is 5.91 Å². The smallest absolute Gasteiger partial charge is 0.326 e. The Morgan fingerprint density at radius 1 is 0.946 bits per heavy atom. The molecule has 0 radical (unpaired) electrons. The number of nitrogens with one attached hydrogen (secondary N) is 1. The van der Waals surface area contributed by atoms with E-state index in [0.717, 1.165) is 29.0 Å². The van der Waals surface area contributed by atoms with E-state index in [-0.39, 0.29) is 17.7 Å². The highest BCUT2D eigenvalue weighted by molar-refractivity contribution is 5.92. The first-order valence-electron chi connectivity index (χ1n) is 11.3. The number of benzene rings is 2. The van der Waals surface area contributed by atoms with Crippen molar-refractivity contribution < 1.29 is 22.4 Å². The molecule has 1 amide bonds. The average Bonchev–Trinajstić information content (AvgIpc) is 3.28. The minimum absolute atomic E-state index is 0.0103. The SMILES string of the molecule is Cc1cc(-c2ccn3c(-c4ccc(CC(=O)Nc5cccc(C(F)(F)F)c5)c(F)c4)cnc3c2)ccn1. The van der Waals surface area contributed by atoms with Gasteiger partial charge in [-0.25, -0.2) is 9.37 Å². The lowest BCUT2D eigenvalue weighted by molar-refractivity contribution is -0.137. The summed E-state index contributed by atoms with van der Waals surface area (Å²) in [5, 5.41) is 2.40. The number of pyridine rings is 2. The molecule has 2 aromatic carbocycles. The summed E-state index contributed by atoms with van der Waals surface area (Å²) in [7, 11) is 0. The highest BCUT2D eigenvalue weighted by Crippen LogP contribution is 2.31. The van der Waals surface area contributed by atoms with E-state index >= 15 is 0 Å². The summed E-state index contributed by atoms with van der Waals surface area (Å²) in [4.78, 5) is 21.0. The summed E-state index contributed by atoms with van der Waals surface area (Å²) < 4.78 is 55.5. The van der Waals surface area contributed by atoms with Gasteiger partial charge in [0.15, 0.2) is 0 Å². The number of carbonyl (C=O) groups excluding carboxylic acids is 1. The number of fused-ring (bicyclic) bond motifs is 1. The van der Waals surface area contributed by atoms with Crippen molar-refractivity contribution in [3.63, 3.8) is 0 Å². The van der Waals surface area contributed by atoms with E-state index in [4.69, 9.17) is 0 Å². The van der Waals surface area contributed by atoms with Gasteiger partial charge < -0.3 is 5.32 Å². The molecular weight excluding hydrogens is 484 g/mol. The normalized spacial score (nSPS) is 11.6. The number of rotatable bonds is 5. The van der Waals surface area contributed by atoms with Crippen LogP contribution in [0.3, 0.4) is 0 Å². The minimum atomic E-state index is -4.53. The van der Waals surface area contributed by atoms with Gasteiger partial charge in [0.1, 0.15) is 11.5 Å². The average molecular weight is 504 g/mol. The number of imidazole rings is 1. The Bertz CT molecular complexity index is 1620. The van der Waals surface area contributed by atoms with Gasteiger partial charge >= 0.3 is 6.18 Å². The number of aryl methyl sites for hydroxylation is 1. The molecule has 0 aliphatic heterocycles. The molecule has 0 spiro atoms. The van der Waals surface area contributed by atoms with Crippen molar-refractivity contribution in [3.8, 4) is 22.4 Å². The first kappa shape index (κ1) is 24.2. The maximum absolute atomic E-state index is 14.9. The molecule has 0 aliphatic rings. The number of halogens is 4. The molecule has 0 aliphatic carbocycles. The number of aromatic nitrogens is 3. The molecule has 0 atom stereocenters. The molecule has 0 saturated heterocycles. The monoisotopic (exact) mass is 504 g/mol. The number of anilines is 1. The van der Waals surface area contributed by atoms with Crippen LogP contribution in [-0.4, -0.2) is 20.3 Å². The number of carbonyl (C=O) groups is 1. The number of hydrogen-bond donors (Lipinski definition) is 1. The van der Waals surface area contributed by atoms with Crippen molar-refractivity contribution in [2.75, 3.05) is 5.32 Å². The van der Waals surface area contributed by atoms with Crippen LogP contribution in [0.2, 0.25) is 0 Å². The number of alkyl halides is 3. The third-order valence-corrected chi connectivity index (χ3v) is 5.92. The first-order valence-corrected chi connectivity index (χ1v) is 11.3. The summed E-state index contributed by atoms with van der Waals surface area (Å²) in [6, 6.07) is 16.5. The van der Waals surface area contributed by atoms with E-state index in [1.165, 1.54) is 24.3 Å². The van der Waals surface area contributed by atoms with Crippen LogP contribution in [-0.2, 0) is 17.4 Å². The molecule has 1 N–H and O–H groups in total. The number of hydrogen-bond acceptors (Lipinski definition) is 3. The van der Waals surface area contributed by atoms with E-state index in [9.17, 15) is 22.4 Å².